The van der Waals surface area contributed by atoms with Gasteiger partial charge >= 0.3 is 0 Å². The topological polar surface area (TPSA) is 83.5 Å². The Bertz CT molecular complexity index is 1630. The SMILES string of the molecule is COc1cccc(CC(=O)Nc2ccc(-c3ccc4ncc(N5CCN(Cc6cccnc6)CC5)nc4c3)cc2)c1. The number of nitrogens with zero attached hydrogens (tertiary/aromatic N) is 5. The Kier molecular flexibility index (Phi) is 7.82. The number of pyridine rings is 1. The van der Waals surface area contributed by atoms with Crippen molar-refractivity contribution in [3.8, 4) is 16.9 Å². The zero-order valence-corrected chi connectivity index (χ0v) is 23.0. The summed E-state index contributed by atoms with van der Waals surface area (Å²) >= 11 is 0. The number of amides is 1. The first-order valence-corrected chi connectivity index (χ1v) is 13.8. The minimum Gasteiger partial charge on any atom is -0.497 e. The Morgan fingerprint density at radius 3 is 2.44 bits per heavy atom. The van der Waals surface area contributed by atoms with E-state index in [4.69, 9.17) is 9.72 Å². The Hall–Kier alpha value is -4.82. The van der Waals surface area contributed by atoms with Crippen molar-refractivity contribution in [2.75, 3.05) is 43.5 Å². The van der Waals surface area contributed by atoms with Gasteiger partial charge in [0.25, 0.3) is 0 Å². The number of methoxy groups -OCH3 is 1. The van der Waals surface area contributed by atoms with Crippen molar-refractivity contribution in [2.45, 2.75) is 13.0 Å². The molecular weight excluding hydrogens is 512 g/mol. The summed E-state index contributed by atoms with van der Waals surface area (Å²) in [5.74, 6) is 1.58. The van der Waals surface area contributed by atoms with Gasteiger partial charge in [0, 0.05) is 50.8 Å². The van der Waals surface area contributed by atoms with Crippen LogP contribution < -0.4 is 15.0 Å². The van der Waals surface area contributed by atoms with Crippen molar-refractivity contribution in [3.63, 3.8) is 0 Å². The van der Waals surface area contributed by atoms with Crippen LogP contribution in [0.4, 0.5) is 11.5 Å². The molecule has 0 aliphatic carbocycles. The fourth-order valence-electron chi connectivity index (χ4n) is 5.14. The summed E-state index contributed by atoms with van der Waals surface area (Å²) < 4.78 is 5.25. The van der Waals surface area contributed by atoms with Crippen molar-refractivity contribution >= 4 is 28.4 Å². The number of piperazine rings is 1. The Balaban J connectivity index is 1.09. The third-order valence-electron chi connectivity index (χ3n) is 7.36. The van der Waals surface area contributed by atoms with Gasteiger partial charge in [0.2, 0.25) is 5.91 Å². The third kappa shape index (κ3) is 6.50. The number of hydrogen-bond acceptors (Lipinski definition) is 7. The molecule has 6 rings (SSSR count). The van der Waals surface area contributed by atoms with E-state index >= 15 is 0 Å². The van der Waals surface area contributed by atoms with E-state index in [1.54, 1.807) is 7.11 Å². The first-order valence-electron chi connectivity index (χ1n) is 13.8. The Morgan fingerprint density at radius 2 is 1.66 bits per heavy atom. The second kappa shape index (κ2) is 12.1. The molecule has 0 atom stereocenters. The maximum absolute atomic E-state index is 12.6. The van der Waals surface area contributed by atoms with Crippen LogP contribution in [0.15, 0.2) is 97.5 Å². The molecule has 1 saturated heterocycles. The molecule has 41 heavy (non-hydrogen) atoms. The number of rotatable bonds is 8. The largest absolute Gasteiger partial charge is 0.497 e. The molecule has 2 aromatic heterocycles. The molecule has 0 unspecified atom stereocenters. The Labute approximate surface area is 239 Å². The van der Waals surface area contributed by atoms with Gasteiger partial charge in [-0.15, -0.1) is 0 Å². The predicted molar refractivity (Wildman–Crippen MR) is 162 cm³/mol. The molecule has 3 heterocycles. The number of nitrogens with one attached hydrogen (secondary N) is 1. The molecule has 3 aromatic carbocycles. The average Bonchev–Trinajstić information content (AvgIpc) is 3.02. The summed E-state index contributed by atoms with van der Waals surface area (Å²) in [6.45, 7) is 4.67. The van der Waals surface area contributed by atoms with Gasteiger partial charge in [-0.2, -0.15) is 0 Å². The molecule has 0 saturated carbocycles. The van der Waals surface area contributed by atoms with Gasteiger partial charge in [-0.3, -0.25) is 19.7 Å². The summed E-state index contributed by atoms with van der Waals surface area (Å²) in [5, 5.41) is 2.98. The maximum atomic E-state index is 12.6. The quantitative estimate of drug-likeness (QED) is 0.287. The number of carbonyl (C=O) groups is 1. The third-order valence-corrected chi connectivity index (χ3v) is 7.36. The minimum atomic E-state index is -0.0718. The fraction of sp³-hybridized carbons (Fsp3) is 0.212. The second-order valence-electron chi connectivity index (χ2n) is 10.2. The second-order valence-corrected chi connectivity index (χ2v) is 10.2. The number of fused-ring (bicyclic) bond motifs is 1. The minimum absolute atomic E-state index is 0.0718. The van der Waals surface area contributed by atoms with E-state index in [9.17, 15) is 4.79 Å². The summed E-state index contributed by atoms with van der Waals surface area (Å²) in [5.41, 5.74) is 6.74. The van der Waals surface area contributed by atoms with Crippen LogP contribution in [0.1, 0.15) is 11.1 Å². The molecule has 1 amide bonds. The zero-order valence-electron chi connectivity index (χ0n) is 23.0. The molecular formula is C33H32N6O2. The van der Waals surface area contributed by atoms with Crippen LogP contribution >= 0.6 is 0 Å². The summed E-state index contributed by atoms with van der Waals surface area (Å²) in [7, 11) is 1.62. The first kappa shape index (κ1) is 26.4. The number of carbonyl (C=O) groups excluding carboxylic acids is 1. The van der Waals surface area contributed by atoms with Crippen molar-refractivity contribution < 1.29 is 9.53 Å². The molecule has 0 spiro atoms. The summed E-state index contributed by atoms with van der Waals surface area (Å²) in [6, 6.07) is 25.7. The van der Waals surface area contributed by atoms with Gasteiger partial charge in [-0.05, 0) is 64.7 Å². The first-order chi connectivity index (χ1) is 20.1. The molecule has 8 nitrogen and oxygen atoms in total. The average molecular weight is 545 g/mol. The predicted octanol–water partition coefficient (Wildman–Crippen LogP) is 5.20. The number of benzene rings is 3. The lowest BCUT2D eigenvalue weighted by Crippen LogP contribution is -2.46. The van der Waals surface area contributed by atoms with E-state index in [-0.39, 0.29) is 12.3 Å². The van der Waals surface area contributed by atoms with Crippen LogP contribution in [0.5, 0.6) is 5.75 Å². The molecule has 5 aromatic rings. The summed E-state index contributed by atoms with van der Waals surface area (Å²) in [6.07, 6.45) is 5.91. The highest BCUT2D eigenvalue weighted by Gasteiger charge is 2.19. The highest BCUT2D eigenvalue weighted by Crippen LogP contribution is 2.26. The Morgan fingerprint density at radius 1 is 0.854 bits per heavy atom. The van der Waals surface area contributed by atoms with Crippen LogP contribution in [0, 0.1) is 0 Å². The van der Waals surface area contributed by atoms with Crippen molar-refractivity contribution in [2.24, 2.45) is 0 Å². The molecule has 8 heteroatoms. The number of ether oxygens (including phenoxy) is 1. The van der Waals surface area contributed by atoms with Gasteiger partial charge in [-0.25, -0.2) is 4.98 Å². The number of aromatic nitrogens is 3. The van der Waals surface area contributed by atoms with Gasteiger partial charge < -0.3 is 15.0 Å². The van der Waals surface area contributed by atoms with E-state index < -0.39 is 0 Å². The highest BCUT2D eigenvalue weighted by molar-refractivity contribution is 5.92. The van der Waals surface area contributed by atoms with Gasteiger partial charge in [0.15, 0.2) is 0 Å². The molecule has 0 radical (unpaired) electrons. The van der Waals surface area contributed by atoms with Crippen LogP contribution in [0.3, 0.4) is 0 Å². The van der Waals surface area contributed by atoms with Crippen molar-refractivity contribution in [3.05, 3.63) is 109 Å². The number of anilines is 2. The van der Waals surface area contributed by atoms with E-state index in [0.717, 1.165) is 77.7 Å². The van der Waals surface area contributed by atoms with Crippen LogP contribution in [0.2, 0.25) is 0 Å². The molecule has 1 fully saturated rings. The monoisotopic (exact) mass is 544 g/mol. The fourth-order valence-corrected chi connectivity index (χ4v) is 5.14. The standard InChI is InChI=1S/C33H32N6O2/c1-41-29-6-2-4-24(18-29)19-33(40)36-28-10-7-26(8-11-28)27-9-12-30-31(20-27)37-32(22-35-30)39-16-14-38(15-17-39)23-25-5-3-13-34-21-25/h2-13,18,20-22H,14-17,19,23H2,1H3,(H,36,40). The van der Waals surface area contributed by atoms with E-state index in [0.29, 0.717) is 0 Å². The van der Waals surface area contributed by atoms with E-state index in [1.807, 2.05) is 79.3 Å². The van der Waals surface area contributed by atoms with Crippen molar-refractivity contribution in [1.29, 1.82) is 0 Å². The molecule has 0 bridgehead atoms. The maximum Gasteiger partial charge on any atom is 0.228 e. The van der Waals surface area contributed by atoms with Gasteiger partial charge in [0.1, 0.15) is 11.6 Å². The van der Waals surface area contributed by atoms with Crippen LogP contribution in [0.25, 0.3) is 22.2 Å². The lowest BCUT2D eigenvalue weighted by atomic mass is 10.0. The molecule has 206 valence electrons. The molecule has 1 aliphatic heterocycles. The van der Waals surface area contributed by atoms with Crippen LogP contribution in [-0.2, 0) is 17.8 Å². The normalized spacial score (nSPS) is 13.7. The lowest BCUT2D eigenvalue weighted by Gasteiger charge is -2.35. The smallest absolute Gasteiger partial charge is 0.228 e. The van der Waals surface area contributed by atoms with Crippen molar-refractivity contribution in [1.82, 2.24) is 19.9 Å². The van der Waals surface area contributed by atoms with E-state index in [1.165, 1.54) is 5.56 Å². The van der Waals surface area contributed by atoms with Gasteiger partial charge in [0.05, 0.1) is 30.8 Å². The zero-order chi connectivity index (χ0) is 28.0. The molecule has 1 N–H and O–H groups in total. The number of hydrogen-bond donors (Lipinski definition) is 1. The van der Waals surface area contributed by atoms with Crippen LogP contribution in [-0.4, -0.2) is 59.0 Å². The lowest BCUT2D eigenvalue weighted by molar-refractivity contribution is -0.115. The highest BCUT2D eigenvalue weighted by atomic mass is 16.5. The van der Waals surface area contributed by atoms with Gasteiger partial charge in [-0.1, -0.05) is 36.4 Å². The molecule has 1 aliphatic rings. The van der Waals surface area contributed by atoms with E-state index in [2.05, 4.69) is 43.3 Å². The summed E-state index contributed by atoms with van der Waals surface area (Å²) in [4.78, 5) is 31.2.